The summed E-state index contributed by atoms with van der Waals surface area (Å²) in [7, 11) is -3.39. The topological polar surface area (TPSA) is 82.2 Å². The van der Waals surface area contributed by atoms with Crippen LogP contribution in [0.4, 0.5) is 14.9 Å². The third-order valence-corrected chi connectivity index (χ3v) is 7.00. The second kappa shape index (κ2) is 10.0. The van der Waals surface area contributed by atoms with Crippen molar-refractivity contribution in [1.82, 2.24) is 14.1 Å². The fraction of sp³-hybridized carbons (Fsp3) is 0.650. The van der Waals surface area contributed by atoms with Crippen molar-refractivity contribution in [2.75, 3.05) is 64.1 Å². The van der Waals surface area contributed by atoms with Gasteiger partial charge < -0.3 is 15.0 Å². The Bertz CT molecular complexity index is 845. The fourth-order valence-electron chi connectivity index (χ4n) is 3.93. The van der Waals surface area contributed by atoms with E-state index in [0.29, 0.717) is 50.5 Å². The number of rotatable bonds is 7. The Morgan fingerprint density at radius 3 is 2.70 bits per heavy atom. The number of carbonyl (C=O) groups excluding carboxylic acids is 1. The predicted molar refractivity (Wildman–Crippen MR) is 114 cm³/mol. The van der Waals surface area contributed by atoms with E-state index in [1.165, 1.54) is 16.6 Å². The Kier molecular flexibility index (Phi) is 7.67. The number of nitrogens with zero attached hydrogens (tertiary/aromatic N) is 3. The summed E-state index contributed by atoms with van der Waals surface area (Å²) in [5, 5.41) is 2.70. The summed E-state index contributed by atoms with van der Waals surface area (Å²) in [5.41, 5.74) is 0.895. The van der Waals surface area contributed by atoms with Gasteiger partial charge >= 0.3 is 6.03 Å². The van der Waals surface area contributed by atoms with Crippen LogP contribution >= 0.6 is 0 Å². The van der Waals surface area contributed by atoms with Crippen LogP contribution in [0.2, 0.25) is 0 Å². The van der Waals surface area contributed by atoms with E-state index < -0.39 is 10.0 Å². The summed E-state index contributed by atoms with van der Waals surface area (Å²) in [6, 6.07) is 3.96. The zero-order chi connectivity index (χ0) is 21.7. The normalized spacial score (nSPS) is 20.7. The molecule has 3 rings (SSSR count). The third-order valence-electron chi connectivity index (χ3n) is 5.66. The van der Waals surface area contributed by atoms with Crippen LogP contribution in [-0.2, 0) is 14.8 Å². The van der Waals surface area contributed by atoms with E-state index in [0.717, 1.165) is 26.1 Å². The molecular weight excluding hydrogens is 411 g/mol. The zero-order valence-electron chi connectivity index (χ0n) is 17.6. The Balaban J connectivity index is 1.54. The smallest absolute Gasteiger partial charge is 0.321 e. The Labute approximate surface area is 178 Å². The van der Waals surface area contributed by atoms with Crippen LogP contribution in [0.15, 0.2) is 18.2 Å². The van der Waals surface area contributed by atoms with Gasteiger partial charge in [-0.25, -0.2) is 17.6 Å². The molecule has 1 atom stereocenters. The number of likely N-dealkylation sites (tertiary alicyclic amines) is 1. The average Bonchev–Trinajstić information content (AvgIpc) is 3.18. The second-order valence-corrected chi connectivity index (χ2v) is 9.90. The molecule has 10 heteroatoms. The van der Waals surface area contributed by atoms with Crippen LogP contribution in [0.1, 0.15) is 18.4 Å². The van der Waals surface area contributed by atoms with Crippen LogP contribution < -0.4 is 5.32 Å². The minimum Gasteiger partial charge on any atom is -0.379 e. The van der Waals surface area contributed by atoms with Crippen molar-refractivity contribution in [2.45, 2.75) is 25.8 Å². The summed E-state index contributed by atoms with van der Waals surface area (Å²) in [6.45, 7) is 6.87. The number of carbonyl (C=O) groups is 1. The van der Waals surface area contributed by atoms with Gasteiger partial charge in [-0.15, -0.1) is 0 Å². The van der Waals surface area contributed by atoms with E-state index in [2.05, 4.69) is 10.2 Å². The first-order valence-electron chi connectivity index (χ1n) is 10.3. The molecule has 1 aromatic rings. The molecule has 0 saturated carbocycles. The van der Waals surface area contributed by atoms with Crippen LogP contribution in [0.25, 0.3) is 0 Å². The highest BCUT2D eigenvalue weighted by molar-refractivity contribution is 7.88. The van der Waals surface area contributed by atoms with Crippen LogP contribution in [0.5, 0.6) is 0 Å². The van der Waals surface area contributed by atoms with Gasteiger partial charge in [0.1, 0.15) is 5.82 Å². The number of ether oxygens (including phenoxy) is 1. The highest BCUT2D eigenvalue weighted by atomic mass is 32.2. The van der Waals surface area contributed by atoms with E-state index in [1.54, 1.807) is 24.0 Å². The number of urea groups is 1. The highest BCUT2D eigenvalue weighted by Gasteiger charge is 2.34. The number of aryl methyl sites for hydroxylation is 1. The number of morpholine rings is 1. The van der Waals surface area contributed by atoms with E-state index in [1.807, 2.05) is 0 Å². The number of hydrogen-bond donors (Lipinski definition) is 1. The molecule has 1 unspecified atom stereocenters. The molecule has 0 radical (unpaired) electrons. The van der Waals surface area contributed by atoms with E-state index in [4.69, 9.17) is 4.74 Å². The van der Waals surface area contributed by atoms with Gasteiger partial charge in [-0.3, -0.25) is 4.90 Å². The number of anilines is 1. The Morgan fingerprint density at radius 2 is 2.03 bits per heavy atom. The third kappa shape index (κ3) is 6.13. The van der Waals surface area contributed by atoms with Crippen molar-refractivity contribution >= 4 is 21.7 Å². The monoisotopic (exact) mass is 442 g/mol. The number of sulfonamides is 1. The lowest BCUT2D eigenvalue weighted by Gasteiger charge is -2.30. The molecule has 1 aromatic carbocycles. The lowest BCUT2D eigenvalue weighted by molar-refractivity contribution is 0.0366. The van der Waals surface area contributed by atoms with Crippen LogP contribution in [0, 0.1) is 12.7 Å². The second-order valence-electron chi connectivity index (χ2n) is 7.96. The van der Waals surface area contributed by atoms with Crippen molar-refractivity contribution in [3.05, 3.63) is 29.6 Å². The minimum absolute atomic E-state index is 0.245. The molecule has 2 aliphatic heterocycles. The van der Waals surface area contributed by atoms with Gasteiger partial charge in [0.05, 0.1) is 19.5 Å². The molecule has 0 aliphatic carbocycles. The molecule has 0 spiro atoms. The van der Waals surface area contributed by atoms with Crippen molar-refractivity contribution in [2.24, 2.45) is 0 Å². The zero-order valence-corrected chi connectivity index (χ0v) is 18.5. The predicted octanol–water partition coefficient (Wildman–Crippen LogP) is 1.72. The van der Waals surface area contributed by atoms with Gasteiger partial charge in [0.2, 0.25) is 10.0 Å². The molecule has 2 aliphatic rings. The largest absolute Gasteiger partial charge is 0.379 e. The van der Waals surface area contributed by atoms with Gasteiger partial charge in [0, 0.05) is 44.5 Å². The van der Waals surface area contributed by atoms with E-state index in [9.17, 15) is 17.6 Å². The highest BCUT2D eigenvalue weighted by Crippen LogP contribution is 2.21. The SMILES string of the molecule is Cc1ccc(NC(=O)N2CCC(N(CCCN3CCOCC3)S(C)(=O)=O)C2)cc1F. The van der Waals surface area contributed by atoms with E-state index in [-0.39, 0.29) is 17.9 Å². The summed E-state index contributed by atoms with van der Waals surface area (Å²) in [5.74, 6) is -0.379. The molecule has 168 valence electrons. The quantitative estimate of drug-likeness (QED) is 0.696. The molecule has 1 N–H and O–H groups in total. The lowest BCUT2D eigenvalue weighted by atomic mass is 10.2. The lowest BCUT2D eigenvalue weighted by Crippen LogP contribution is -2.44. The van der Waals surface area contributed by atoms with Gasteiger partial charge in [-0.2, -0.15) is 4.31 Å². The first kappa shape index (κ1) is 22.9. The van der Waals surface area contributed by atoms with Crippen molar-refractivity contribution < 1.29 is 22.3 Å². The minimum atomic E-state index is -3.39. The van der Waals surface area contributed by atoms with Crippen LogP contribution in [0.3, 0.4) is 0 Å². The summed E-state index contributed by atoms with van der Waals surface area (Å²) >= 11 is 0. The maximum atomic E-state index is 13.7. The molecule has 2 heterocycles. The number of halogens is 1. The van der Waals surface area contributed by atoms with Gasteiger partial charge in [-0.1, -0.05) is 6.07 Å². The van der Waals surface area contributed by atoms with Crippen LogP contribution in [-0.4, -0.2) is 93.3 Å². The van der Waals surface area contributed by atoms with Crippen molar-refractivity contribution in [1.29, 1.82) is 0 Å². The number of benzene rings is 1. The molecular formula is C20H31FN4O4S. The molecule has 2 saturated heterocycles. The first-order valence-corrected chi connectivity index (χ1v) is 12.2. The summed E-state index contributed by atoms with van der Waals surface area (Å²) in [6.07, 6.45) is 2.54. The molecule has 30 heavy (non-hydrogen) atoms. The summed E-state index contributed by atoms with van der Waals surface area (Å²) < 4.78 is 45.3. The Morgan fingerprint density at radius 1 is 1.30 bits per heavy atom. The Hall–Kier alpha value is -1.75. The van der Waals surface area contributed by atoms with Crippen molar-refractivity contribution in [3.63, 3.8) is 0 Å². The molecule has 2 fully saturated rings. The fourth-order valence-corrected chi connectivity index (χ4v) is 5.10. The first-order chi connectivity index (χ1) is 14.2. The maximum Gasteiger partial charge on any atom is 0.321 e. The molecule has 0 bridgehead atoms. The average molecular weight is 443 g/mol. The molecule has 8 nitrogen and oxygen atoms in total. The molecule has 0 aromatic heterocycles. The number of hydrogen-bond acceptors (Lipinski definition) is 5. The van der Waals surface area contributed by atoms with E-state index >= 15 is 0 Å². The molecule has 2 amide bonds. The van der Waals surface area contributed by atoms with Gasteiger partial charge in [-0.05, 0) is 44.0 Å². The maximum absolute atomic E-state index is 13.7. The van der Waals surface area contributed by atoms with Gasteiger partial charge in [0.25, 0.3) is 0 Å². The number of amides is 2. The van der Waals surface area contributed by atoms with Gasteiger partial charge in [0.15, 0.2) is 0 Å². The summed E-state index contributed by atoms with van der Waals surface area (Å²) in [4.78, 5) is 16.4. The van der Waals surface area contributed by atoms with Crippen molar-refractivity contribution in [3.8, 4) is 0 Å². The number of nitrogens with one attached hydrogen (secondary N) is 1. The standard InChI is InChI=1S/C20H31FN4O4S/c1-16-4-5-17(14-19(16)21)22-20(26)24-9-6-18(15-24)25(30(2,27)28)8-3-7-23-10-12-29-13-11-23/h4-5,14,18H,3,6-13,15H2,1-2H3,(H,22,26).